The fourth-order valence-electron chi connectivity index (χ4n) is 2.35. The summed E-state index contributed by atoms with van der Waals surface area (Å²) in [5.41, 5.74) is 8.02. The first kappa shape index (κ1) is 13.5. The molecule has 0 amide bonds. The topological polar surface area (TPSA) is 44.5 Å². The minimum atomic E-state index is 0.360. The Bertz CT molecular complexity index is 432. The Labute approximate surface area is 113 Å². The third-order valence-electron chi connectivity index (χ3n) is 3.09. The first-order chi connectivity index (χ1) is 8.65. The average molecular weight is 270 g/mol. The number of fused-ring (bicyclic) bond motifs is 1. The third kappa shape index (κ3) is 2.57. The Morgan fingerprint density at radius 1 is 1.28 bits per heavy atom. The molecule has 1 aromatic rings. The van der Waals surface area contributed by atoms with Crippen molar-refractivity contribution in [2.24, 2.45) is 5.73 Å². The predicted octanol–water partition coefficient (Wildman–Crippen LogP) is 3.13. The van der Waals surface area contributed by atoms with E-state index in [-0.39, 0.29) is 0 Å². The van der Waals surface area contributed by atoms with Gasteiger partial charge in [0.2, 0.25) is 0 Å². The smallest absolute Gasteiger partial charge is 0.180 e. The van der Waals surface area contributed by atoms with Gasteiger partial charge in [0, 0.05) is 12.0 Å². The summed E-state index contributed by atoms with van der Waals surface area (Å²) in [6.07, 6.45) is 1.69. The van der Waals surface area contributed by atoms with Crippen LogP contribution in [0.4, 0.5) is 0 Å². The summed E-state index contributed by atoms with van der Waals surface area (Å²) < 4.78 is 11.6. The molecule has 2 rings (SSSR count). The van der Waals surface area contributed by atoms with Crippen LogP contribution in [0.25, 0.3) is 0 Å². The maximum absolute atomic E-state index is 6.29. The molecule has 0 aliphatic carbocycles. The van der Waals surface area contributed by atoms with E-state index in [9.17, 15) is 0 Å². The molecule has 0 spiro atoms. The second-order valence-electron chi connectivity index (χ2n) is 4.83. The molecule has 100 valence electrons. The molecule has 0 fully saturated rings. The van der Waals surface area contributed by atoms with Crippen molar-refractivity contribution in [1.82, 2.24) is 0 Å². The number of benzene rings is 1. The molecule has 0 saturated heterocycles. The monoisotopic (exact) mass is 269 g/mol. The Hall–Kier alpha value is -0.930. The maximum atomic E-state index is 6.29. The zero-order valence-corrected chi connectivity index (χ0v) is 11.7. The van der Waals surface area contributed by atoms with Gasteiger partial charge in [0.05, 0.1) is 18.2 Å². The van der Waals surface area contributed by atoms with Crippen molar-refractivity contribution in [3.05, 3.63) is 22.2 Å². The van der Waals surface area contributed by atoms with E-state index in [1.165, 1.54) is 11.1 Å². The highest BCUT2D eigenvalue weighted by molar-refractivity contribution is 6.32. The Balaban J connectivity index is 2.57. The van der Waals surface area contributed by atoms with Crippen LogP contribution in [-0.2, 0) is 6.42 Å². The summed E-state index contributed by atoms with van der Waals surface area (Å²) in [6.45, 7) is 6.24. The van der Waals surface area contributed by atoms with E-state index >= 15 is 0 Å². The standard InChI is InChI=1S/C14H20ClNO2/c1-9(2)12-10(4-5-16)8-11(15)13-14(12)18-7-3-6-17-13/h8-9H,3-7,16H2,1-2H3. The molecule has 2 N–H and O–H groups in total. The highest BCUT2D eigenvalue weighted by atomic mass is 35.5. The van der Waals surface area contributed by atoms with Crippen LogP contribution in [0.3, 0.4) is 0 Å². The average Bonchev–Trinajstić information content (AvgIpc) is 2.55. The van der Waals surface area contributed by atoms with E-state index in [0.29, 0.717) is 36.4 Å². The van der Waals surface area contributed by atoms with Crippen LogP contribution >= 0.6 is 11.6 Å². The largest absolute Gasteiger partial charge is 0.489 e. The van der Waals surface area contributed by atoms with Gasteiger partial charge in [0.1, 0.15) is 0 Å². The molecule has 18 heavy (non-hydrogen) atoms. The summed E-state index contributed by atoms with van der Waals surface area (Å²) >= 11 is 6.29. The van der Waals surface area contributed by atoms with E-state index in [4.69, 9.17) is 26.8 Å². The molecule has 1 aliphatic heterocycles. The highest BCUT2D eigenvalue weighted by Crippen LogP contribution is 2.44. The van der Waals surface area contributed by atoms with Crippen LogP contribution in [-0.4, -0.2) is 19.8 Å². The van der Waals surface area contributed by atoms with E-state index in [2.05, 4.69) is 13.8 Å². The number of hydrogen-bond donors (Lipinski definition) is 1. The number of halogens is 1. The second kappa shape index (κ2) is 5.81. The van der Waals surface area contributed by atoms with Gasteiger partial charge in [-0.1, -0.05) is 25.4 Å². The van der Waals surface area contributed by atoms with Crippen molar-refractivity contribution in [2.75, 3.05) is 19.8 Å². The Morgan fingerprint density at radius 2 is 1.94 bits per heavy atom. The van der Waals surface area contributed by atoms with Crippen molar-refractivity contribution in [1.29, 1.82) is 0 Å². The van der Waals surface area contributed by atoms with Gasteiger partial charge in [-0.05, 0) is 30.5 Å². The Morgan fingerprint density at radius 3 is 2.56 bits per heavy atom. The van der Waals surface area contributed by atoms with Crippen molar-refractivity contribution < 1.29 is 9.47 Å². The molecule has 3 nitrogen and oxygen atoms in total. The van der Waals surface area contributed by atoms with E-state index in [1.54, 1.807) is 0 Å². The third-order valence-corrected chi connectivity index (χ3v) is 3.37. The first-order valence-corrected chi connectivity index (χ1v) is 6.84. The van der Waals surface area contributed by atoms with Gasteiger partial charge in [-0.2, -0.15) is 0 Å². The van der Waals surface area contributed by atoms with Crippen molar-refractivity contribution in [3.63, 3.8) is 0 Å². The number of ether oxygens (including phenoxy) is 2. The summed E-state index contributed by atoms with van der Waals surface area (Å²) in [7, 11) is 0. The molecule has 0 radical (unpaired) electrons. The quantitative estimate of drug-likeness (QED) is 0.917. The van der Waals surface area contributed by atoms with Gasteiger partial charge in [0.25, 0.3) is 0 Å². The molecule has 0 atom stereocenters. The van der Waals surface area contributed by atoms with E-state index < -0.39 is 0 Å². The van der Waals surface area contributed by atoms with E-state index in [0.717, 1.165) is 18.6 Å². The SMILES string of the molecule is CC(C)c1c(CCN)cc(Cl)c2c1OCCCO2. The molecule has 0 saturated carbocycles. The lowest BCUT2D eigenvalue weighted by Crippen LogP contribution is -2.09. The van der Waals surface area contributed by atoms with Crippen molar-refractivity contribution >= 4 is 11.6 Å². The molecule has 1 heterocycles. The lowest BCUT2D eigenvalue weighted by atomic mass is 9.93. The highest BCUT2D eigenvalue weighted by Gasteiger charge is 2.23. The van der Waals surface area contributed by atoms with Crippen LogP contribution in [0.5, 0.6) is 11.5 Å². The second-order valence-corrected chi connectivity index (χ2v) is 5.24. The number of rotatable bonds is 3. The fraction of sp³-hybridized carbons (Fsp3) is 0.571. The predicted molar refractivity (Wildman–Crippen MR) is 73.9 cm³/mol. The minimum Gasteiger partial charge on any atom is -0.489 e. The molecule has 4 heteroatoms. The Kier molecular flexibility index (Phi) is 4.36. The lowest BCUT2D eigenvalue weighted by molar-refractivity contribution is 0.296. The van der Waals surface area contributed by atoms with Crippen LogP contribution < -0.4 is 15.2 Å². The molecular weight excluding hydrogens is 250 g/mol. The number of hydrogen-bond acceptors (Lipinski definition) is 3. The summed E-state index contributed by atoms with van der Waals surface area (Å²) in [4.78, 5) is 0. The summed E-state index contributed by atoms with van der Waals surface area (Å²) in [5.74, 6) is 1.87. The van der Waals surface area contributed by atoms with Gasteiger partial charge in [-0.25, -0.2) is 0 Å². The van der Waals surface area contributed by atoms with Gasteiger partial charge < -0.3 is 15.2 Å². The van der Waals surface area contributed by atoms with Crippen LogP contribution in [0.15, 0.2) is 6.07 Å². The molecule has 1 aromatic carbocycles. The zero-order valence-electron chi connectivity index (χ0n) is 11.0. The van der Waals surface area contributed by atoms with Gasteiger partial charge in [0.15, 0.2) is 11.5 Å². The molecule has 0 bridgehead atoms. The molecule has 1 aliphatic rings. The van der Waals surface area contributed by atoms with Gasteiger partial charge >= 0.3 is 0 Å². The molecule has 0 unspecified atom stereocenters. The van der Waals surface area contributed by atoms with Gasteiger partial charge in [-0.15, -0.1) is 0 Å². The molecule has 0 aromatic heterocycles. The molecular formula is C14H20ClNO2. The van der Waals surface area contributed by atoms with E-state index in [1.807, 2.05) is 6.07 Å². The van der Waals surface area contributed by atoms with Crippen molar-refractivity contribution in [2.45, 2.75) is 32.6 Å². The summed E-state index contributed by atoms with van der Waals surface area (Å²) in [5, 5.41) is 0.625. The number of nitrogens with two attached hydrogens (primary N) is 1. The van der Waals surface area contributed by atoms with Crippen LogP contribution in [0, 0.1) is 0 Å². The van der Waals surface area contributed by atoms with Crippen LogP contribution in [0.1, 0.15) is 37.3 Å². The van der Waals surface area contributed by atoms with Crippen molar-refractivity contribution in [3.8, 4) is 11.5 Å². The fourth-order valence-corrected chi connectivity index (χ4v) is 2.63. The maximum Gasteiger partial charge on any atom is 0.180 e. The normalized spacial score (nSPS) is 14.7. The lowest BCUT2D eigenvalue weighted by Gasteiger charge is -2.20. The van der Waals surface area contributed by atoms with Crippen LogP contribution in [0.2, 0.25) is 5.02 Å². The minimum absolute atomic E-state index is 0.360. The van der Waals surface area contributed by atoms with Gasteiger partial charge in [-0.3, -0.25) is 0 Å². The summed E-state index contributed by atoms with van der Waals surface area (Å²) in [6, 6.07) is 1.97. The first-order valence-electron chi connectivity index (χ1n) is 6.46. The zero-order chi connectivity index (χ0) is 13.1.